The number of hydrogen-bond donors (Lipinski definition) is 2. The van der Waals surface area contributed by atoms with Gasteiger partial charge in [0.15, 0.2) is 0 Å². The van der Waals surface area contributed by atoms with E-state index in [0.29, 0.717) is 6.04 Å². The summed E-state index contributed by atoms with van der Waals surface area (Å²) in [6.07, 6.45) is 0. The number of nitrogen functional groups attached to an aromatic ring is 1. The molecule has 1 saturated heterocycles. The van der Waals surface area contributed by atoms with Gasteiger partial charge in [0.25, 0.3) is 0 Å². The van der Waals surface area contributed by atoms with Gasteiger partial charge in [0.05, 0.1) is 7.11 Å². The molecule has 0 aliphatic carbocycles. The number of nitrogens with two attached hydrogens (primary N) is 1. The lowest BCUT2D eigenvalue weighted by Gasteiger charge is -2.37. The molecule has 1 heterocycles. The average Bonchev–Trinajstić information content (AvgIpc) is 2.42. The number of ether oxygens (including phenoxy) is 1. The molecule has 0 bridgehead atoms. The fourth-order valence-corrected chi connectivity index (χ4v) is 2.58. The monoisotopic (exact) mass is 276 g/mol. The molecule has 5 heteroatoms. The maximum atomic E-state index is 7.55. The van der Waals surface area contributed by atoms with Crippen molar-refractivity contribution in [3.05, 3.63) is 29.3 Å². The van der Waals surface area contributed by atoms with E-state index in [2.05, 4.69) is 23.8 Å². The van der Waals surface area contributed by atoms with E-state index in [1.807, 2.05) is 18.2 Å². The van der Waals surface area contributed by atoms with Crippen molar-refractivity contribution in [2.45, 2.75) is 19.5 Å². The largest absolute Gasteiger partial charge is 0.496 e. The van der Waals surface area contributed by atoms with Gasteiger partial charge in [0.1, 0.15) is 11.6 Å². The van der Waals surface area contributed by atoms with E-state index >= 15 is 0 Å². The van der Waals surface area contributed by atoms with Crippen molar-refractivity contribution in [1.29, 1.82) is 5.41 Å². The summed E-state index contributed by atoms with van der Waals surface area (Å²) in [4.78, 5) is 4.80. The van der Waals surface area contributed by atoms with Crippen LogP contribution in [0.3, 0.4) is 0 Å². The SMILES string of the molecule is COc1ccc(C(=N)N)cc1CN1CCN(C)C(C)C1. The highest BCUT2D eigenvalue weighted by atomic mass is 16.5. The summed E-state index contributed by atoms with van der Waals surface area (Å²) in [5.41, 5.74) is 7.42. The molecule has 1 aromatic carbocycles. The number of nitrogens with one attached hydrogen (secondary N) is 1. The number of benzene rings is 1. The molecule has 0 saturated carbocycles. The van der Waals surface area contributed by atoms with Crippen molar-refractivity contribution < 1.29 is 4.74 Å². The zero-order chi connectivity index (χ0) is 14.7. The molecule has 1 unspecified atom stereocenters. The van der Waals surface area contributed by atoms with Crippen LogP contribution >= 0.6 is 0 Å². The molecule has 2 rings (SSSR count). The first kappa shape index (κ1) is 14.8. The second-order valence-electron chi connectivity index (χ2n) is 5.51. The van der Waals surface area contributed by atoms with Crippen molar-refractivity contribution in [2.75, 3.05) is 33.8 Å². The molecule has 0 radical (unpaired) electrons. The van der Waals surface area contributed by atoms with Crippen molar-refractivity contribution >= 4 is 5.84 Å². The van der Waals surface area contributed by atoms with Crippen LogP contribution in [0.4, 0.5) is 0 Å². The Balaban J connectivity index is 2.15. The first-order chi connectivity index (χ1) is 9.51. The molecule has 1 aromatic rings. The topological polar surface area (TPSA) is 65.6 Å². The van der Waals surface area contributed by atoms with Crippen LogP contribution < -0.4 is 10.5 Å². The molecule has 110 valence electrons. The minimum atomic E-state index is 0.0978. The molecule has 1 aliphatic heterocycles. The van der Waals surface area contributed by atoms with E-state index in [1.165, 1.54) is 0 Å². The van der Waals surface area contributed by atoms with Gasteiger partial charge < -0.3 is 15.4 Å². The van der Waals surface area contributed by atoms with Gasteiger partial charge in [-0.25, -0.2) is 0 Å². The van der Waals surface area contributed by atoms with Gasteiger partial charge in [0.2, 0.25) is 0 Å². The molecule has 0 aromatic heterocycles. The first-order valence-corrected chi connectivity index (χ1v) is 6.95. The van der Waals surface area contributed by atoms with Crippen LogP contribution in [0, 0.1) is 5.41 Å². The van der Waals surface area contributed by atoms with Crippen LogP contribution in [0.2, 0.25) is 0 Å². The second kappa shape index (κ2) is 6.24. The molecule has 3 N–H and O–H groups in total. The molecule has 1 atom stereocenters. The smallest absolute Gasteiger partial charge is 0.123 e. The maximum absolute atomic E-state index is 7.55. The van der Waals surface area contributed by atoms with Gasteiger partial charge in [-0.3, -0.25) is 10.3 Å². The number of likely N-dealkylation sites (N-methyl/N-ethyl adjacent to an activating group) is 1. The Morgan fingerprint density at radius 1 is 1.45 bits per heavy atom. The summed E-state index contributed by atoms with van der Waals surface area (Å²) in [6.45, 7) is 6.26. The van der Waals surface area contributed by atoms with Crippen molar-refractivity contribution in [3.8, 4) is 5.75 Å². The molecule has 1 fully saturated rings. The van der Waals surface area contributed by atoms with Crippen LogP contribution in [0.25, 0.3) is 0 Å². The fraction of sp³-hybridized carbons (Fsp3) is 0.533. The van der Waals surface area contributed by atoms with E-state index in [1.54, 1.807) is 7.11 Å². The van der Waals surface area contributed by atoms with Gasteiger partial charge in [-0.2, -0.15) is 0 Å². The molecular formula is C15H24N4O. The summed E-state index contributed by atoms with van der Waals surface area (Å²) in [6, 6.07) is 6.25. The van der Waals surface area contributed by atoms with E-state index in [9.17, 15) is 0 Å². The third-order valence-corrected chi connectivity index (χ3v) is 4.03. The third kappa shape index (κ3) is 3.29. The Morgan fingerprint density at radius 2 is 2.20 bits per heavy atom. The number of hydrogen-bond acceptors (Lipinski definition) is 4. The zero-order valence-corrected chi connectivity index (χ0v) is 12.5. The summed E-state index contributed by atoms with van der Waals surface area (Å²) >= 11 is 0. The van der Waals surface area contributed by atoms with Crippen LogP contribution in [0.1, 0.15) is 18.1 Å². The first-order valence-electron chi connectivity index (χ1n) is 6.95. The number of nitrogens with zero attached hydrogens (tertiary/aromatic N) is 2. The van der Waals surface area contributed by atoms with Crippen LogP contribution in [0.15, 0.2) is 18.2 Å². The van der Waals surface area contributed by atoms with E-state index in [-0.39, 0.29) is 5.84 Å². The lowest BCUT2D eigenvalue weighted by molar-refractivity contribution is 0.0993. The zero-order valence-electron chi connectivity index (χ0n) is 12.5. The van der Waals surface area contributed by atoms with Crippen molar-refractivity contribution in [1.82, 2.24) is 9.80 Å². The van der Waals surface area contributed by atoms with Gasteiger partial charge >= 0.3 is 0 Å². The standard InChI is InChI=1S/C15H24N4O/c1-11-9-19(7-6-18(11)2)10-13-8-12(15(16)17)4-5-14(13)20-3/h4-5,8,11H,6-7,9-10H2,1-3H3,(H3,16,17). The molecule has 5 nitrogen and oxygen atoms in total. The minimum Gasteiger partial charge on any atom is -0.496 e. The summed E-state index contributed by atoms with van der Waals surface area (Å²) in [7, 11) is 3.85. The normalized spacial score (nSPS) is 20.9. The number of piperazine rings is 1. The van der Waals surface area contributed by atoms with Gasteiger partial charge in [0, 0.05) is 43.3 Å². The molecular weight excluding hydrogens is 252 g/mol. The van der Waals surface area contributed by atoms with E-state index in [0.717, 1.165) is 43.1 Å². The number of methoxy groups -OCH3 is 1. The highest BCUT2D eigenvalue weighted by Gasteiger charge is 2.21. The van der Waals surface area contributed by atoms with Crippen LogP contribution in [-0.4, -0.2) is 55.5 Å². The van der Waals surface area contributed by atoms with E-state index in [4.69, 9.17) is 15.9 Å². The predicted octanol–water partition coefficient (Wildman–Crippen LogP) is 1.12. The minimum absolute atomic E-state index is 0.0978. The number of rotatable bonds is 4. The Morgan fingerprint density at radius 3 is 2.80 bits per heavy atom. The predicted molar refractivity (Wildman–Crippen MR) is 81.4 cm³/mol. The summed E-state index contributed by atoms with van der Waals surface area (Å²) in [5, 5.41) is 7.55. The molecule has 1 aliphatic rings. The third-order valence-electron chi connectivity index (χ3n) is 4.03. The van der Waals surface area contributed by atoms with Gasteiger partial charge in [-0.15, -0.1) is 0 Å². The fourth-order valence-electron chi connectivity index (χ4n) is 2.58. The summed E-state index contributed by atoms with van der Waals surface area (Å²) in [5.74, 6) is 0.960. The Kier molecular flexibility index (Phi) is 4.62. The second-order valence-corrected chi connectivity index (χ2v) is 5.51. The summed E-state index contributed by atoms with van der Waals surface area (Å²) < 4.78 is 5.42. The number of amidine groups is 1. The van der Waals surface area contributed by atoms with E-state index < -0.39 is 0 Å². The Labute approximate surface area is 120 Å². The highest BCUT2D eigenvalue weighted by Crippen LogP contribution is 2.22. The Bertz CT molecular complexity index is 489. The lowest BCUT2D eigenvalue weighted by atomic mass is 10.1. The average molecular weight is 276 g/mol. The van der Waals surface area contributed by atoms with Crippen LogP contribution in [0.5, 0.6) is 5.75 Å². The van der Waals surface area contributed by atoms with Crippen molar-refractivity contribution in [2.24, 2.45) is 5.73 Å². The lowest BCUT2D eigenvalue weighted by Crippen LogP contribution is -2.49. The van der Waals surface area contributed by atoms with Gasteiger partial charge in [-0.05, 0) is 32.2 Å². The quantitative estimate of drug-likeness (QED) is 0.639. The molecule has 0 spiro atoms. The maximum Gasteiger partial charge on any atom is 0.123 e. The molecule has 20 heavy (non-hydrogen) atoms. The Hall–Kier alpha value is -1.59. The van der Waals surface area contributed by atoms with Gasteiger partial charge in [-0.1, -0.05) is 0 Å². The molecule has 0 amide bonds. The highest BCUT2D eigenvalue weighted by molar-refractivity contribution is 5.95. The van der Waals surface area contributed by atoms with Crippen molar-refractivity contribution in [3.63, 3.8) is 0 Å². The van der Waals surface area contributed by atoms with Crippen LogP contribution in [-0.2, 0) is 6.54 Å².